The lowest BCUT2D eigenvalue weighted by molar-refractivity contribution is -0.140. The van der Waals surface area contributed by atoms with Crippen molar-refractivity contribution in [2.75, 3.05) is 24.2 Å². The molecule has 0 heterocycles. The summed E-state index contributed by atoms with van der Waals surface area (Å²) >= 11 is 0. The minimum absolute atomic E-state index is 0.154. The van der Waals surface area contributed by atoms with Crippen LogP contribution in [0.2, 0.25) is 0 Å². The highest BCUT2D eigenvalue weighted by atomic mass is 32.2. The molecule has 0 saturated carbocycles. The molecule has 0 fully saturated rings. The summed E-state index contributed by atoms with van der Waals surface area (Å²) in [5.41, 5.74) is 1.42. The lowest BCUT2D eigenvalue weighted by Gasteiger charge is -2.33. The van der Waals surface area contributed by atoms with Gasteiger partial charge in [0.25, 0.3) is 0 Å². The zero-order valence-corrected chi connectivity index (χ0v) is 21.8. The maximum atomic E-state index is 13.6. The number of benzene rings is 2. The van der Waals surface area contributed by atoms with E-state index in [1.807, 2.05) is 58.0 Å². The van der Waals surface area contributed by atoms with Gasteiger partial charge in [-0.3, -0.25) is 13.9 Å². The molecule has 0 spiro atoms. The van der Waals surface area contributed by atoms with Crippen molar-refractivity contribution in [2.45, 2.75) is 52.7 Å². The number of sulfonamides is 1. The first-order valence-electron chi connectivity index (χ1n) is 11.0. The molecular weight excluding hydrogens is 454 g/mol. The van der Waals surface area contributed by atoms with Crippen LogP contribution in [-0.2, 0) is 26.2 Å². The van der Waals surface area contributed by atoms with Gasteiger partial charge in [0.2, 0.25) is 21.8 Å². The number of anilines is 1. The van der Waals surface area contributed by atoms with Crippen molar-refractivity contribution in [2.24, 2.45) is 0 Å². The van der Waals surface area contributed by atoms with Gasteiger partial charge in [0.15, 0.2) is 0 Å². The molecule has 0 aliphatic carbocycles. The molecule has 0 unspecified atom stereocenters. The summed E-state index contributed by atoms with van der Waals surface area (Å²) in [5, 5.41) is 2.90. The predicted molar refractivity (Wildman–Crippen MR) is 134 cm³/mol. The average Bonchev–Trinajstić information content (AvgIpc) is 2.74. The smallest absolute Gasteiger partial charge is 0.244 e. The van der Waals surface area contributed by atoms with E-state index < -0.39 is 34.1 Å². The van der Waals surface area contributed by atoms with Crippen LogP contribution in [0.15, 0.2) is 48.5 Å². The summed E-state index contributed by atoms with van der Waals surface area (Å²) in [6.07, 6.45) is 1.04. The molecule has 0 saturated heterocycles. The van der Waals surface area contributed by atoms with Crippen LogP contribution in [-0.4, -0.2) is 56.6 Å². The number of rotatable bonds is 9. The Morgan fingerprint density at radius 2 is 1.71 bits per heavy atom. The minimum atomic E-state index is -3.84. The van der Waals surface area contributed by atoms with Crippen LogP contribution in [0.1, 0.15) is 38.8 Å². The topological polar surface area (TPSA) is 96.0 Å². The van der Waals surface area contributed by atoms with Crippen molar-refractivity contribution in [1.29, 1.82) is 0 Å². The van der Waals surface area contributed by atoms with E-state index in [2.05, 4.69) is 5.32 Å². The lowest BCUT2D eigenvalue weighted by Crippen LogP contribution is -2.54. The number of carbonyl (C=O) groups excluding carboxylic acids is 2. The Morgan fingerprint density at radius 3 is 2.24 bits per heavy atom. The van der Waals surface area contributed by atoms with E-state index >= 15 is 0 Å². The number of methoxy groups -OCH3 is 1. The molecule has 2 rings (SSSR count). The van der Waals surface area contributed by atoms with Gasteiger partial charge in [0.05, 0.1) is 19.1 Å². The van der Waals surface area contributed by atoms with Crippen molar-refractivity contribution < 1.29 is 22.7 Å². The Labute approximate surface area is 202 Å². The number of hydrogen-bond acceptors (Lipinski definition) is 5. The Hall–Kier alpha value is -3.07. The van der Waals surface area contributed by atoms with Crippen molar-refractivity contribution in [3.05, 3.63) is 59.7 Å². The fourth-order valence-corrected chi connectivity index (χ4v) is 4.27. The van der Waals surface area contributed by atoms with Gasteiger partial charge >= 0.3 is 0 Å². The van der Waals surface area contributed by atoms with Gasteiger partial charge in [0.1, 0.15) is 18.3 Å². The second-order valence-corrected chi connectivity index (χ2v) is 11.3. The zero-order valence-electron chi connectivity index (χ0n) is 21.0. The van der Waals surface area contributed by atoms with Crippen molar-refractivity contribution in [3.63, 3.8) is 0 Å². The van der Waals surface area contributed by atoms with E-state index in [-0.39, 0.29) is 18.1 Å². The van der Waals surface area contributed by atoms with Crippen LogP contribution in [0.3, 0.4) is 0 Å². The molecule has 0 aromatic heterocycles. The first-order chi connectivity index (χ1) is 15.7. The normalized spacial score (nSPS) is 12.6. The molecule has 0 aliphatic rings. The summed E-state index contributed by atoms with van der Waals surface area (Å²) in [6.45, 7) is 8.72. The Balaban J connectivity index is 2.45. The van der Waals surface area contributed by atoms with E-state index in [0.717, 1.165) is 21.7 Å². The highest BCUT2D eigenvalue weighted by Crippen LogP contribution is 2.31. The molecular formula is C25H35N3O5S. The second-order valence-electron chi connectivity index (χ2n) is 9.37. The first kappa shape index (κ1) is 27.2. The van der Waals surface area contributed by atoms with Crippen molar-refractivity contribution in [1.82, 2.24) is 10.2 Å². The zero-order chi connectivity index (χ0) is 25.7. The summed E-state index contributed by atoms with van der Waals surface area (Å²) in [5.74, 6) is -0.498. The number of nitrogens with zero attached hydrogens (tertiary/aromatic N) is 2. The lowest BCUT2D eigenvalue weighted by atomic mass is 10.1. The van der Waals surface area contributed by atoms with E-state index in [4.69, 9.17) is 4.74 Å². The second kappa shape index (κ2) is 10.9. The third kappa shape index (κ3) is 7.48. The SMILES string of the molecule is COc1ccc(C)cc1N(CC(=O)N(Cc1ccccc1)[C@@H](C)C(=O)NC(C)(C)C)S(C)(=O)=O. The van der Waals surface area contributed by atoms with Crippen LogP contribution in [0.25, 0.3) is 0 Å². The van der Waals surface area contributed by atoms with Gasteiger partial charge < -0.3 is 15.0 Å². The highest BCUT2D eigenvalue weighted by Gasteiger charge is 2.32. The van der Waals surface area contributed by atoms with Crippen LogP contribution in [0.5, 0.6) is 5.75 Å². The standard InChI is InChI=1S/C25H35N3O5S/c1-18-13-14-22(33-6)21(15-18)28(34(7,31)32)17-23(29)27(16-20-11-9-8-10-12-20)19(2)24(30)26-25(3,4)5/h8-15,19H,16-17H2,1-7H3,(H,26,30)/t19-/m0/s1. The fourth-order valence-electron chi connectivity index (χ4n) is 3.43. The van der Waals surface area contributed by atoms with Gasteiger partial charge in [-0.2, -0.15) is 0 Å². The van der Waals surface area contributed by atoms with Crippen LogP contribution < -0.4 is 14.4 Å². The fraction of sp³-hybridized carbons (Fsp3) is 0.440. The molecule has 8 nitrogen and oxygen atoms in total. The molecule has 0 aliphatic heterocycles. The molecule has 2 aromatic carbocycles. The summed E-state index contributed by atoms with van der Waals surface area (Å²) in [7, 11) is -2.40. The van der Waals surface area contributed by atoms with Gasteiger partial charge in [-0.15, -0.1) is 0 Å². The molecule has 34 heavy (non-hydrogen) atoms. The summed E-state index contributed by atoms with van der Waals surface area (Å²) in [4.78, 5) is 27.9. The number of amides is 2. The van der Waals surface area contributed by atoms with Gasteiger partial charge in [0, 0.05) is 12.1 Å². The largest absolute Gasteiger partial charge is 0.495 e. The Bertz CT molecular complexity index is 1110. The van der Waals surface area contributed by atoms with Crippen molar-refractivity contribution >= 4 is 27.5 Å². The Morgan fingerprint density at radius 1 is 1.09 bits per heavy atom. The Kier molecular flexibility index (Phi) is 8.72. The summed E-state index contributed by atoms with van der Waals surface area (Å²) in [6, 6.07) is 13.5. The third-order valence-electron chi connectivity index (χ3n) is 5.14. The number of nitrogens with one attached hydrogen (secondary N) is 1. The molecule has 2 aromatic rings. The molecule has 2 amide bonds. The molecule has 9 heteroatoms. The van der Waals surface area contributed by atoms with E-state index in [0.29, 0.717) is 5.75 Å². The van der Waals surface area contributed by atoms with Crippen LogP contribution >= 0.6 is 0 Å². The molecule has 0 bridgehead atoms. The molecule has 186 valence electrons. The van der Waals surface area contributed by atoms with Gasteiger partial charge in [-0.25, -0.2) is 8.42 Å². The number of carbonyl (C=O) groups is 2. The third-order valence-corrected chi connectivity index (χ3v) is 6.27. The number of hydrogen-bond donors (Lipinski definition) is 1. The quantitative estimate of drug-likeness (QED) is 0.584. The van der Waals surface area contributed by atoms with Crippen LogP contribution in [0, 0.1) is 6.92 Å². The van der Waals surface area contributed by atoms with E-state index in [1.165, 1.54) is 12.0 Å². The molecule has 0 radical (unpaired) electrons. The summed E-state index contributed by atoms with van der Waals surface area (Å²) < 4.78 is 31.9. The number of aryl methyl sites for hydroxylation is 1. The minimum Gasteiger partial charge on any atom is -0.495 e. The van der Waals surface area contributed by atoms with Crippen molar-refractivity contribution in [3.8, 4) is 5.75 Å². The maximum Gasteiger partial charge on any atom is 0.244 e. The van der Waals surface area contributed by atoms with Gasteiger partial charge in [-0.1, -0.05) is 36.4 Å². The highest BCUT2D eigenvalue weighted by molar-refractivity contribution is 7.92. The monoisotopic (exact) mass is 489 g/mol. The maximum absolute atomic E-state index is 13.6. The van der Waals surface area contributed by atoms with E-state index in [1.54, 1.807) is 25.1 Å². The van der Waals surface area contributed by atoms with Gasteiger partial charge in [-0.05, 0) is 57.9 Å². The number of ether oxygens (including phenoxy) is 1. The molecule has 1 atom stereocenters. The average molecular weight is 490 g/mol. The van der Waals surface area contributed by atoms with E-state index in [9.17, 15) is 18.0 Å². The molecule has 1 N–H and O–H groups in total. The van der Waals surface area contributed by atoms with Crippen LogP contribution in [0.4, 0.5) is 5.69 Å². The first-order valence-corrected chi connectivity index (χ1v) is 12.9. The predicted octanol–water partition coefficient (Wildman–Crippen LogP) is 3.10.